The molecule has 0 aliphatic heterocycles. The Labute approximate surface area is 221 Å². The number of fused-ring (bicyclic) bond motifs is 5. The molecule has 0 saturated heterocycles. The number of rotatable bonds is 7. The third kappa shape index (κ3) is 4.00. The zero-order valence-electron chi connectivity index (χ0n) is 24.8. The van der Waals surface area contributed by atoms with Crippen LogP contribution in [0.5, 0.6) is 0 Å². The summed E-state index contributed by atoms with van der Waals surface area (Å²) in [7, 11) is 5.61. The van der Waals surface area contributed by atoms with Crippen LogP contribution in [0.2, 0.25) is 0 Å². The maximum atomic E-state index is 10.9. The van der Waals surface area contributed by atoms with Crippen molar-refractivity contribution in [1.82, 2.24) is 0 Å². The third-order valence-electron chi connectivity index (χ3n) is 12.2. The predicted molar refractivity (Wildman–Crippen MR) is 147 cm³/mol. The van der Waals surface area contributed by atoms with Crippen LogP contribution in [0.15, 0.2) is 23.8 Å². The molecule has 9 atom stereocenters. The largest absolute Gasteiger partial charge is 0.392 e. The summed E-state index contributed by atoms with van der Waals surface area (Å²) in [6.07, 6.45) is 14.4. The Morgan fingerprint density at radius 2 is 1.72 bits per heavy atom. The van der Waals surface area contributed by atoms with Crippen LogP contribution in [-0.2, 0) is 14.2 Å². The first-order valence-electron chi connectivity index (χ1n) is 14.4. The van der Waals surface area contributed by atoms with Crippen LogP contribution in [0, 0.1) is 39.9 Å². The molecule has 4 heteroatoms. The number of methoxy groups -OCH3 is 3. The van der Waals surface area contributed by atoms with E-state index in [9.17, 15) is 5.11 Å². The van der Waals surface area contributed by atoms with Crippen molar-refractivity contribution >= 4 is 0 Å². The molecule has 1 N–H and O–H groups in total. The minimum atomic E-state index is -0.305. The van der Waals surface area contributed by atoms with Gasteiger partial charge >= 0.3 is 0 Å². The average Bonchev–Trinajstić information content (AvgIpc) is 3.11. The smallest absolute Gasteiger partial charge is 0.0816 e. The summed E-state index contributed by atoms with van der Waals surface area (Å²) in [5.74, 6) is 1.98. The highest BCUT2D eigenvalue weighted by molar-refractivity contribution is 5.34. The molecule has 4 rings (SSSR count). The molecule has 0 aromatic carbocycles. The topological polar surface area (TPSA) is 47.9 Å². The average molecular weight is 503 g/mol. The van der Waals surface area contributed by atoms with E-state index in [0.29, 0.717) is 23.7 Å². The van der Waals surface area contributed by atoms with Gasteiger partial charge in [-0.3, -0.25) is 0 Å². The Morgan fingerprint density at radius 3 is 2.33 bits per heavy atom. The molecule has 36 heavy (non-hydrogen) atoms. The quantitative estimate of drug-likeness (QED) is 0.382. The van der Waals surface area contributed by atoms with Gasteiger partial charge in [-0.2, -0.15) is 0 Å². The van der Waals surface area contributed by atoms with E-state index in [-0.39, 0.29) is 39.7 Å². The van der Waals surface area contributed by atoms with Crippen molar-refractivity contribution in [2.24, 2.45) is 39.9 Å². The molecule has 0 aromatic rings. The van der Waals surface area contributed by atoms with Crippen molar-refractivity contribution in [1.29, 1.82) is 0 Å². The van der Waals surface area contributed by atoms with Crippen molar-refractivity contribution in [2.45, 2.75) is 117 Å². The molecule has 0 bridgehead atoms. The molecule has 3 fully saturated rings. The van der Waals surface area contributed by atoms with E-state index >= 15 is 0 Å². The van der Waals surface area contributed by atoms with E-state index < -0.39 is 0 Å². The Balaban J connectivity index is 1.70. The molecular formula is C32H54O4. The first-order valence-corrected chi connectivity index (χ1v) is 14.4. The molecule has 4 aliphatic rings. The molecular weight excluding hydrogens is 448 g/mol. The van der Waals surface area contributed by atoms with Gasteiger partial charge in [0.05, 0.1) is 23.4 Å². The Morgan fingerprint density at radius 1 is 1.03 bits per heavy atom. The molecule has 4 nitrogen and oxygen atoms in total. The SMILES string of the molecule is CO[C@H]1C=C2[C@@H](CC[C@H](O)C2(C)C)[C@]2(OC)CC[C@]3(C)[C@@H]([C@H](C)C/C=C/C(C)(C)OC)CC[C@@]3(C)[C@H]12. The van der Waals surface area contributed by atoms with E-state index in [2.05, 4.69) is 66.7 Å². The second-order valence-corrected chi connectivity index (χ2v) is 14.2. The number of aliphatic hydroxyl groups excluding tert-OH is 1. The summed E-state index contributed by atoms with van der Waals surface area (Å²) in [6, 6.07) is 0. The molecule has 0 aromatic heterocycles. The highest BCUT2D eigenvalue weighted by Gasteiger charge is 2.71. The van der Waals surface area contributed by atoms with Crippen molar-refractivity contribution in [3.8, 4) is 0 Å². The van der Waals surface area contributed by atoms with Gasteiger partial charge in [-0.1, -0.05) is 58.4 Å². The summed E-state index contributed by atoms with van der Waals surface area (Å²) in [5.41, 5.74) is 1.07. The van der Waals surface area contributed by atoms with E-state index in [4.69, 9.17) is 14.2 Å². The lowest BCUT2D eigenvalue weighted by molar-refractivity contribution is -0.238. The zero-order chi connectivity index (χ0) is 26.7. The Kier molecular flexibility index (Phi) is 7.48. The summed E-state index contributed by atoms with van der Waals surface area (Å²) < 4.78 is 18.6. The van der Waals surface area contributed by atoms with Gasteiger partial charge in [-0.05, 0) is 81.5 Å². The van der Waals surface area contributed by atoms with Gasteiger partial charge in [0.2, 0.25) is 0 Å². The van der Waals surface area contributed by atoms with E-state index in [1.54, 1.807) is 7.11 Å². The van der Waals surface area contributed by atoms with Crippen molar-refractivity contribution in [3.63, 3.8) is 0 Å². The summed E-state index contributed by atoms with van der Waals surface area (Å²) in [4.78, 5) is 0. The minimum Gasteiger partial charge on any atom is -0.392 e. The standard InChI is InChI=1S/C32H54O4/c1-21(12-11-16-28(2,3)35-9)22-15-17-31(7)27-25(34-8)20-24-23(13-14-26(33)29(24,4)5)32(27,36-10)19-18-30(22,31)6/h11,16,20-23,25-27,33H,12-15,17-19H2,1-10H3/b16-11+/t21-,22-,23-,25+,26+,27+,30-,31+,32-/m1/s1. The fourth-order valence-corrected chi connectivity index (χ4v) is 9.53. The number of hydrogen-bond donors (Lipinski definition) is 1. The van der Waals surface area contributed by atoms with Gasteiger partial charge in [-0.15, -0.1) is 0 Å². The first-order chi connectivity index (χ1) is 16.7. The number of allylic oxidation sites excluding steroid dienone is 1. The highest BCUT2D eigenvalue weighted by atomic mass is 16.5. The fourth-order valence-electron chi connectivity index (χ4n) is 9.53. The zero-order valence-corrected chi connectivity index (χ0v) is 24.8. The Hall–Kier alpha value is -0.680. The van der Waals surface area contributed by atoms with Gasteiger partial charge in [0, 0.05) is 38.6 Å². The van der Waals surface area contributed by atoms with E-state index in [0.717, 1.165) is 25.7 Å². The molecule has 3 saturated carbocycles. The lowest BCUT2D eigenvalue weighted by atomic mass is 9.41. The molecule has 206 valence electrons. The maximum absolute atomic E-state index is 10.9. The summed E-state index contributed by atoms with van der Waals surface area (Å²) in [5, 5.41) is 10.9. The van der Waals surface area contributed by atoms with Crippen molar-refractivity contribution in [2.75, 3.05) is 21.3 Å². The van der Waals surface area contributed by atoms with Crippen LogP contribution in [0.25, 0.3) is 0 Å². The monoisotopic (exact) mass is 502 g/mol. The van der Waals surface area contributed by atoms with Gasteiger partial charge < -0.3 is 19.3 Å². The Bertz CT molecular complexity index is 873. The van der Waals surface area contributed by atoms with Gasteiger partial charge in [0.1, 0.15) is 0 Å². The first kappa shape index (κ1) is 28.3. The fraction of sp³-hybridized carbons (Fsp3) is 0.875. The van der Waals surface area contributed by atoms with Gasteiger partial charge in [0.15, 0.2) is 0 Å². The second-order valence-electron chi connectivity index (χ2n) is 14.2. The minimum absolute atomic E-state index is 0.0156. The van der Waals surface area contributed by atoms with Crippen molar-refractivity contribution < 1.29 is 19.3 Å². The van der Waals surface area contributed by atoms with Crippen LogP contribution in [-0.4, -0.2) is 49.8 Å². The lowest BCUT2D eigenvalue weighted by Gasteiger charge is -2.67. The van der Waals surface area contributed by atoms with Crippen LogP contribution in [0.1, 0.15) is 93.4 Å². The molecule has 0 amide bonds. The molecule has 0 spiro atoms. The van der Waals surface area contributed by atoms with Crippen LogP contribution in [0.4, 0.5) is 0 Å². The van der Waals surface area contributed by atoms with Gasteiger partial charge in [-0.25, -0.2) is 0 Å². The second kappa shape index (κ2) is 9.50. The van der Waals surface area contributed by atoms with Crippen LogP contribution >= 0.6 is 0 Å². The summed E-state index contributed by atoms with van der Waals surface area (Å²) >= 11 is 0. The van der Waals surface area contributed by atoms with Crippen LogP contribution < -0.4 is 0 Å². The predicted octanol–water partition coefficient (Wildman–Crippen LogP) is 6.96. The van der Waals surface area contributed by atoms with Crippen LogP contribution in [0.3, 0.4) is 0 Å². The highest BCUT2D eigenvalue weighted by Crippen LogP contribution is 2.73. The molecule has 0 unspecified atom stereocenters. The molecule has 0 radical (unpaired) electrons. The van der Waals surface area contributed by atoms with Gasteiger partial charge in [0.25, 0.3) is 0 Å². The lowest BCUT2D eigenvalue weighted by Crippen LogP contribution is -2.68. The number of ether oxygens (including phenoxy) is 3. The summed E-state index contributed by atoms with van der Waals surface area (Å²) in [6.45, 7) is 16.3. The third-order valence-corrected chi connectivity index (χ3v) is 12.2. The maximum Gasteiger partial charge on any atom is 0.0816 e. The molecule has 4 aliphatic carbocycles. The van der Waals surface area contributed by atoms with E-state index in [1.165, 1.54) is 24.8 Å². The molecule has 0 heterocycles. The number of aliphatic hydroxyl groups is 1. The number of hydrogen-bond acceptors (Lipinski definition) is 4. The van der Waals surface area contributed by atoms with E-state index in [1.807, 2.05) is 14.2 Å². The van der Waals surface area contributed by atoms with Crippen molar-refractivity contribution in [3.05, 3.63) is 23.8 Å². The normalized spacial score (nSPS) is 45.1.